The fraction of sp³-hybridized carbons (Fsp3) is 0.421. The van der Waals surface area contributed by atoms with Crippen LogP contribution in [0.2, 0.25) is 0 Å². The third-order valence-electron chi connectivity index (χ3n) is 5.07. The molecule has 6 heteroatoms. The predicted molar refractivity (Wildman–Crippen MR) is 102 cm³/mol. The zero-order valence-electron chi connectivity index (χ0n) is 14.0. The molecule has 2 aromatic rings. The Labute approximate surface area is 157 Å². The van der Waals surface area contributed by atoms with Crippen LogP contribution in [0.5, 0.6) is 0 Å². The molecular formula is C19H22ClFN2OS. The Bertz CT molecular complexity index is 764. The SMILES string of the molecule is Cl.O=C1Nc2cc(F)ccc2C1CCCCN1CCc2sccc2C1. The summed E-state index contributed by atoms with van der Waals surface area (Å²) < 4.78 is 13.3. The van der Waals surface area contributed by atoms with Gasteiger partial charge in [0, 0.05) is 23.7 Å². The highest BCUT2D eigenvalue weighted by atomic mass is 35.5. The van der Waals surface area contributed by atoms with E-state index in [1.54, 1.807) is 6.07 Å². The first-order valence-electron chi connectivity index (χ1n) is 8.58. The molecule has 1 aromatic heterocycles. The zero-order valence-corrected chi connectivity index (χ0v) is 15.6. The molecule has 1 atom stereocenters. The summed E-state index contributed by atoms with van der Waals surface area (Å²) in [4.78, 5) is 16.1. The molecule has 0 bridgehead atoms. The van der Waals surface area contributed by atoms with Crippen molar-refractivity contribution in [1.29, 1.82) is 0 Å². The number of nitrogens with one attached hydrogen (secondary N) is 1. The fourth-order valence-corrected chi connectivity index (χ4v) is 4.66. The first-order chi connectivity index (χ1) is 11.7. The summed E-state index contributed by atoms with van der Waals surface area (Å²) in [6, 6.07) is 6.85. The highest BCUT2D eigenvalue weighted by Crippen LogP contribution is 2.36. The predicted octanol–water partition coefficient (Wildman–Crippen LogP) is 4.57. The van der Waals surface area contributed by atoms with Crippen LogP contribution in [0.1, 0.15) is 41.2 Å². The molecule has 1 aromatic carbocycles. The molecule has 1 amide bonds. The number of carbonyl (C=O) groups is 1. The van der Waals surface area contributed by atoms with Gasteiger partial charge in [0.05, 0.1) is 5.92 Å². The van der Waals surface area contributed by atoms with Gasteiger partial charge in [0.1, 0.15) is 5.82 Å². The topological polar surface area (TPSA) is 32.3 Å². The van der Waals surface area contributed by atoms with Crippen LogP contribution in [0.15, 0.2) is 29.6 Å². The van der Waals surface area contributed by atoms with Crippen LogP contribution in [0.25, 0.3) is 0 Å². The van der Waals surface area contributed by atoms with Gasteiger partial charge < -0.3 is 5.32 Å². The molecule has 0 saturated heterocycles. The average molecular weight is 381 g/mol. The minimum Gasteiger partial charge on any atom is -0.325 e. The van der Waals surface area contributed by atoms with Crippen LogP contribution < -0.4 is 5.32 Å². The molecule has 0 radical (unpaired) electrons. The number of carbonyl (C=O) groups excluding carboxylic acids is 1. The maximum Gasteiger partial charge on any atom is 0.232 e. The number of anilines is 1. The molecule has 2 aliphatic rings. The number of unbranched alkanes of at least 4 members (excludes halogenated alkanes) is 1. The Kier molecular flexibility index (Phi) is 5.77. The van der Waals surface area contributed by atoms with E-state index in [2.05, 4.69) is 21.7 Å². The highest BCUT2D eigenvalue weighted by Gasteiger charge is 2.30. The second kappa shape index (κ2) is 7.85. The molecule has 0 spiro atoms. The van der Waals surface area contributed by atoms with Crippen molar-refractivity contribution in [3.8, 4) is 0 Å². The molecule has 3 heterocycles. The average Bonchev–Trinajstić information content (AvgIpc) is 3.14. The first kappa shape index (κ1) is 18.4. The van der Waals surface area contributed by atoms with E-state index in [1.807, 2.05) is 11.3 Å². The quantitative estimate of drug-likeness (QED) is 0.770. The van der Waals surface area contributed by atoms with E-state index in [0.717, 1.165) is 50.9 Å². The minimum absolute atomic E-state index is 0. The monoisotopic (exact) mass is 380 g/mol. The van der Waals surface area contributed by atoms with Gasteiger partial charge in [0.25, 0.3) is 0 Å². The van der Waals surface area contributed by atoms with Crippen molar-refractivity contribution in [2.75, 3.05) is 18.4 Å². The summed E-state index contributed by atoms with van der Waals surface area (Å²) in [5.41, 5.74) is 3.07. The van der Waals surface area contributed by atoms with Crippen LogP contribution in [-0.4, -0.2) is 23.9 Å². The Hall–Kier alpha value is -1.43. The Morgan fingerprint density at radius 2 is 2.16 bits per heavy atom. The number of thiophene rings is 1. The maximum atomic E-state index is 13.3. The zero-order chi connectivity index (χ0) is 16.5. The van der Waals surface area contributed by atoms with Crippen molar-refractivity contribution in [2.45, 2.75) is 38.1 Å². The van der Waals surface area contributed by atoms with E-state index in [4.69, 9.17) is 0 Å². The van der Waals surface area contributed by atoms with E-state index in [0.29, 0.717) is 5.69 Å². The van der Waals surface area contributed by atoms with Crippen molar-refractivity contribution in [3.05, 3.63) is 51.5 Å². The molecule has 1 unspecified atom stereocenters. The van der Waals surface area contributed by atoms with Crippen LogP contribution >= 0.6 is 23.7 Å². The number of amides is 1. The Morgan fingerprint density at radius 1 is 1.28 bits per heavy atom. The second-order valence-corrected chi connectivity index (χ2v) is 7.67. The summed E-state index contributed by atoms with van der Waals surface area (Å²) in [5, 5.41) is 4.99. The van der Waals surface area contributed by atoms with Crippen LogP contribution in [0.4, 0.5) is 10.1 Å². The minimum atomic E-state index is -0.299. The van der Waals surface area contributed by atoms with Gasteiger partial charge in [-0.15, -0.1) is 23.7 Å². The molecule has 25 heavy (non-hydrogen) atoms. The normalized spacial score (nSPS) is 19.1. The number of halogens is 2. The lowest BCUT2D eigenvalue weighted by Crippen LogP contribution is -2.30. The van der Waals surface area contributed by atoms with E-state index in [1.165, 1.54) is 22.6 Å². The van der Waals surface area contributed by atoms with Gasteiger partial charge in [0.15, 0.2) is 0 Å². The molecule has 134 valence electrons. The van der Waals surface area contributed by atoms with Gasteiger partial charge >= 0.3 is 0 Å². The summed E-state index contributed by atoms with van der Waals surface area (Å²) in [6.07, 6.45) is 4.11. The molecule has 0 aliphatic carbocycles. The van der Waals surface area contributed by atoms with Crippen LogP contribution in [0, 0.1) is 5.82 Å². The van der Waals surface area contributed by atoms with Crippen LogP contribution in [0.3, 0.4) is 0 Å². The number of benzene rings is 1. The molecule has 4 rings (SSSR count). The summed E-state index contributed by atoms with van der Waals surface area (Å²) in [5.74, 6) is -0.408. The molecule has 0 fully saturated rings. The second-order valence-electron chi connectivity index (χ2n) is 6.66. The molecule has 2 aliphatic heterocycles. The first-order valence-corrected chi connectivity index (χ1v) is 9.46. The van der Waals surface area contributed by atoms with Crippen molar-refractivity contribution < 1.29 is 9.18 Å². The summed E-state index contributed by atoms with van der Waals surface area (Å²) in [6.45, 7) is 3.28. The van der Waals surface area contributed by atoms with Crippen molar-refractivity contribution in [2.24, 2.45) is 0 Å². The molecule has 3 nitrogen and oxygen atoms in total. The van der Waals surface area contributed by atoms with E-state index in [9.17, 15) is 9.18 Å². The molecular weight excluding hydrogens is 359 g/mol. The maximum absolute atomic E-state index is 13.3. The molecule has 0 saturated carbocycles. The molecule has 1 N–H and O–H groups in total. The summed E-state index contributed by atoms with van der Waals surface area (Å²) >= 11 is 1.87. The smallest absolute Gasteiger partial charge is 0.232 e. The number of rotatable bonds is 5. The fourth-order valence-electron chi connectivity index (χ4n) is 3.77. The lowest BCUT2D eigenvalue weighted by molar-refractivity contribution is -0.117. The van der Waals surface area contributed by atoms with Gasteiger partial charge in [-0.25, -0.2) is 4.39 Å². The van der Waals surface area contributed by atoms with Crippen molar-refractivity contribution >= 4 is 35.3 Å². The van der Waals surface area contributed by atoms with E-state index >= 15 is 0 Å². The van der Waals surface area contributed by atoms with Gasteiger partial charge in [-0.05, 0) is 60.5 Å². The van der Waals surface area contributed by atoms with Gasteiger partial charge in [-0.3, -0.25) is 9.69 Å². The number of hydrogen-bond donors (Lipinski definition) is 1. The van der Waals surface area contributed by atoms with Gasteiger partial charge in [-0.2, -0.15) is 0 Å². The Morgan fingerprint density at radius 3 is 3.04 bits per heavy atom. The summed E-state index contributed by atoms with van der Waals surface area (Å²) in [7, 11) is 0. The Balaban J connectivity index is 0.00000182. The van der Waals surface area contributed by atoms with Crippen LogP contribution in [-0.2, 0) is 17.8 Å². The largest absolute Gasteiger partial charge is 0.325 e. The van der Waals surface area contributed by atoms with Crippen molar-refractivity contribution in [1.82, 2.24) is 4.90 Å². The number of fused-ring (bicyclic) bond motifs is 2. The number of hydrogen-bond acceptors (Lipinski definition) is 3. The third-order valence-corrected chi connectivity index (χ3v) is 6.09. The van der Waals surface area contributed by atoms with Crippen molar-refractivity contribution in [3.63, 3.8) is 0 Å². The lowest BCUT2D eigenvalue weighted by Gasteiger charge is -2.26. The third kappa shape index (κ3) is 3.89. The standard InChI is InChI=1S/C19H21FN2OS.ClH/c20-14-4-5-15-16(19(23)21-17(15)11-14)3-1-2-8-22-9-6-18-13(12-22)7-10-24-18;/h4-5,7,10-11,16H,1-3,6,8-9,12H2,(H,21,23);1H. The van der Waals surface area contributed by atoms with Gasteiger partial charge in [0.2, 0.25) is 5.91 Å². The highest BCUT2D eigenvalue weighted by molar-refractivity contribution is 7.10. The van der Waals surface area contributed by atoms with E-state index < -0.39 is 0 Å². The van der Waals surface area contributed by atoms with Gasteiger partial charge in [-0.1, -0.05) is 12.5 Å². The lowest BCUT2D eigenvalue weighted by atomic mass is 9.95. The number of nitrogens with zero attached hydrogens (tertiary/aromatic N) is 1. The van der Waals surface area contributed by atoms with E-state index in [-0.39, 0.29) is 30.0 Å².